The first-order valence-corrected chi connectivity index (χ1v) is 27.4. The van der Waals surface area contributed by atoms with Gasteiger partial charge >= 0.3 is 0 Å². The number of thiophene rings is 1. The molecule has 64 heavy (non-hydrogen) atoms. The fraction of sp³-hybridized carbons (Fsp3) is 0.491. The first-order chi connectivity index (χ1) is 29.8. The zero-order valence-electron chi connectivity index (χ0n) is 41.8. The summed E-state index contributed by atoms with van der Waals surface area (Å²) < 4.78 is 2.46. The standard InChI is InChI=1S/C44H53N2SSi.C13H24O2.Ir/c1-27(2)23-48(24-28(3)4,25-29(5)6)39-22-33(21-32-14-12-13-15-37(32)39)40-43-41(46-26-45-40)38-19-18-36(31(8)42(38)47-43)35-17-16-34(20-30(35)7)44(9,10)11;1-5-10(6-2)12(14)9-13(15)11(7-3)8-4;/h12-20,22,26-29H,23-25H2,1-11H3;9-11,14H,5-8H2,1-4H3;/q-1;;/b;12-9-;. The molecule has 4 aromatic carbocycles. The summed E-state index contributed by atoms with van der Waals surface area (Å²) in [6, 6.07) is 30.8. The van der Waals surface area contributed by atoms with Crippen LogP contribution in [0.2, 0.25) is 18.1 Å². The van der Waals surface area contributed by atoms with E-state index in [-0.39, 0.29) is 48.9 Å². The van der Waals surface area contributed by atoms with E-state index in [1.807, 2.05) is 39.0 Å². The van der Waals surface area contributed by atoms with Crippen molar-refractivity contribution in [1.29, 1.82) is 0 Å². The first kappa shape index (κ1) is 53.1. The van der Waals surface area contributed by atoms with Crippen molar-refractivity contribution in [2.45, 2.75) is 153 Å². The average molecular weight is 1070 g/mol. The van der Waals surface area contributed by atoms with Crippen molar-refractivity contribution in [3.05, 3.63) is 102 Å². The van der Waals surface area contributed by atoms with Crippen LogP contribution in [0, 0.1) is 49.5 Å². The maximum atomic E-state index is 11.7. The third kappa shape index (κ3) is 12.1. The second-order valence-corrected chi connectivity index (χ2v) is 26.0. The van der Waals surface area contributed by atoms with Crippen molar-refractivity contribution in [2.75, 3.05) is 0 Å². The van der Waals surface area contributed by atoms with E-state index < -0.39 is 8.07 Å². The van der Waals surface area contributed by atoms with Gasteiger partial charge < -0.3 is 5.11 Å². The van der Waals surface area contributed by atoms with Crippen molar-refractivity contribution < 1.29 is 30.0 Å². The summed E-state index contributed by atoms with van der Waals surface area (Å²) in [5.41, 5.74) is 9.92. The van der Waals surface area contributed by atoms with Crippen LogP contribution in [0.4, 0.5) is 0 Å². The Morgan fingerprint density at radius 2 is 1.33 bits per heavy atom. The molecular formula is C57H77IrN2O2SSi-. The predicted molar refractivity (Wildman–Crippen MR) is 278 cm³/mol. The SMILES string of the molecule is CCC(CC)C(=O)/C=C(\O)C(CC)CC.Cc1cc(C(C)(C)C)ccc1-c1ccc2c(sc3c(-c4[c-]c5ccccc5c([Si](CC(C)C)(CC(C)C)CC(C)C)c4)ncnc32)c1C.[Ir]. The maximum absolute atomic E-state index is 11.7. The summed E-state index contributed by atoms with van der Waals surface area (Å²) >= 11 is 1.85. The molecule has 6 rings (SSSR count). The molecule has 0 aliphatic heterocycles. The molecule has 6 aromatic rings. The molecule has 2 heterocycles. The fourth-order valence-electron chi connectivity index (χ4n) is 10.2. The predicted octanol–water partition coefficient (Wildman–Crippen LogP) is 16.5. The van der Waals surface area contributed by atoms with Gasteiger partial charge in [0.1, 0.15) is 6.33 Å². The van der Waals surface area contributed by atoms with Crippen LogP contribution < -0.4 is 5.19 Å². The molecule has 0 unspecified atom stereocenters. The van der Waals surface area contributed by atoms with Gasteiger partial charge in [-0.2, -0.15) is 0 Å². The first-order valence-electron chi connectivity index (χ1n) is 24.0. The van der Waals surface area contributed by atoms with Gasteiger partial charge in [0.05, 0.1) is 19.3 Å². The molecule has 1 N–H and O–H groups in total. The number of allylic oxidation sites excluding steroid dienone is 2. The molecule has 1 radical (unpaired) electrons. The summed E-state index contributed by atoms with van der Waals surface area (Å²) in [5, 5.41) is 15.2. The third-order valence-corrected chi connectivity index (χ3v) is 20.8. The van der Waals surface area contributed by atoms with Crippen LogP contribution in [0.1, 0.15) is 132 Å². The zero-order valence-corrected chi connectivity index (χ0v) is 46.0. The molecule has 0 amide bonds. The number of aryl methyl sites for hydroxylation is 2. The van der Waals surface area contributed by atoms with Crippen molar-refractivity contribution >= 4 is 61.5 Å². The van der Waals surface area contributed by atoms with E-state index in [4.69, 9.17) is 9.97 Å². The Bertz CT molecular complexity index is 2510. The maximum Gasteiger partial charge on any atom is 0.162 e. The van der Waals surface area contributed by atoms with E-state index in [2.05, 4.69) is 143 Å². The van der Waals surface area contributed by atoms with Gasteiger partial charge in [-0.1, -0.05) is 168 Å². The van der Waals surface area contributed by atoms with Gasteiger partial charge in [0.15, 0.2) is 5.78 Å². The third-order valence-electron chi connectivity index (χ3n) is 13.1. The van der Waals surface area contributed by atoms with Gasteiger partial charge in [0.2, 0.25) is 0 Å². The zero-order chi connectivity index (χ0) is 46.4. The molecule has 4 nitrogen and oxygen atoms in total. The normalized spacial score (nSPS) is 12.6. The molecule has 0 bridgehead atoms. The number of aliphatic hydroxyl groups is 1. The van der Waals surface area contributed by atoms with Gasteiger partial charge in [-0.3, -0.25) is 9.78 Å². The van der Waals surface area contributed by atoms with E-state index in [0.29, 0.717) is 17.8 Å². The summed E-state index contributed by atoms with van der Waals surface area (Å²) in [4.78, 5) is 21.6. The Labute approximate surface area is 405 Å². The minimum Gasteiger partial charge on any atom is -0.512 e. The second kappa shape index (κ2) is 22.8. The van der Waals surface area contributed by atoms with E-state index in [1.54, 1.807) is 11.5 Å². The quantitative estimate of drug-likeness (QED) is 0.0454. The number of benzene rings is 4. The Morgan fingerprint density at radius 3 is 1.88 bits per heavy atom. The number of aliphatic hydroxyl groups excluding tert-OH is 1. The van der Waals surface area contributed by atoms with Crippen LogP contribution in [-0.2, 0) is 30.3 Å². The summed E-state index contributed by atoms with van der Waals surface area (Å²) in [6.45, 7) is 34.0. The van der Waals surface area contributed by atoms with Crippen LogP contribution in [0.25, 0.3) is 53.5 Å². The number of hydrogen-bond acceptors (Lipinski definition) is 5. The van der Waals surface area contributed by atoms with Gasteiger partial charge in [0.25, 0.3) is 0 Å². The number of nitrogens with zero attached hydrogens (tertiary/aromatic N) is 2. The minimum absolute atomic E-state index is 0. The Hall–Kier alpha value is -3.48. The van der Waals surface area contributed by atoms with E-state index in [9.17, 15) is 9.90 Å². The molecule has 0 saturated heterocycles. The van der Waals surface area contributed by atoms with Crippen molar-refractivity contribution in [2.24, 2.45) is 29.6 Å². The van der Waals surface area contributed by atoms with E-state index >= 15 is 0 Å². The van der Waals surface area contributed by atoms with Crippen LogP contribution in [0.5, 0.6) is 0 Å². The summed E-state index contributed by atoms with van der Waals surface area (Å²) in [6.07, 6.45) is 6.68. The largest absolute Gasteiger partial charge is 0.512 e. The van der Waals surface area contributed by atoms with Gasteiger partial charge in [-0.05, 0) is 90.5 Å². The average Bonchev–Trinajstić information content (AvgIpc) is 3.60. The Kier molecular flexibility index (Phi) is 18.9. The van der Waals surface area contributed by atoms with Crippen LogP contribution in [-0.4, -0.2) is 28.9 Å². The van der Waals surface area contributed by atoms with E-state index in [0.717, 1.165) is 47.2 Å². The van der Waals surface area contributed by atoms with Crippen LogP contribution in [0.15, 0.2) is 78.8 Å². The van der Waals surface area contributed by atoms with Gasteiger partial charge in [-0.15, -0.1) is 40.1 Å². The number of carbonyl (C=O) groups excluding carboxylic acids is 1. The van der Waals surface area contributed by atoms with Crippen molar-refractivity contribution in [3.63, 3.8) is 0 Å². The Balaban J connectivity index is 0.000000482. The topological polar surface area (TPSA) is 63.1 Å². The number of ketones is 1. The molecule has 0 atom stereocenters. The van der Waals surface area contributed by atoms with Crippen molar-refractivity contribution in [1.82, 2.24) is 9.97 Å². The molecule has 347 valence electrons. The van der Waals surface area contributed by atoms with Crippen LogP contribution >= 0.6 is 11.3 Å². The summed E-state index contributed by atoms with van der Waals surface area (Å²) in [7, 11) is -1.92. The minimum atomic E-state index is -1.92. The molecule has 0 spiro atoms. The molecule has 2 aromatic heterocycles. The molecule has 0 saturated carbocycles. The number of carbonyl (C=O) groups is 1. The number of hydrogen-bond donors (Lipinski definition) is 1. The second-order valence-electron chi connectivity index (χ2n) is 20.6. The molecule has 0 aliphatic rings. The van der Waals surface area contributed by atoms with Crippen LogP contribution in [0.3, 0.4) is 0 Å². The van der Waals surface area contributed by atoms with Gasteiger partial charge in [-0.25, -0.2) is 4.98 Å². The molecular weight excluding hydrogens is 997 g/mol. The number of fused-ring (bicyclic) bond motifs is 4. The molecule has 0 fully saturated rings. The molecule has 7 heteroatoms. The van der Waals surface area contributed by atoms with Gasteiger partial charge in [0, 0.05) is 58.5 Å². The number of aromatic nitrogens is 2. The van der Waals surface area contributed by atoms with Crippen molar-refractivity contribution in [3.8, 4) is 22.4 Å². The smallest absolute Gasteiger partial charge is 0.162 e. The monoisotopic (exact) mass is 1070 g/mol. The molecule has 0 aliphatic carbocycles. The fourth-order valence-corrected chi connectivity index (χ4v) is 18.5. The number of rotatable bonds is 16. The summed E-state index contributed by atoms with van der Waals surface area (Å²) in [5.74, 6) is 2.50. The van der Waals surface area contributed by atoms with E-state index in [1.165, 1.54) is 72.9 Å². The Morgan fingerprint density at radius 1 is 0.750 bits per heavy atom.